The zero-order valence-electron chi connectivity index (χ0n) is 9.76. The average Bonchev–Trinajstić information content (AvgIpc) is 2.63. The zero-order valence-corrected chi connectivity index (χ0v) is 10.6. The van der Waals surface area contributed by atoms with Crippen LogP contribution >= 0.6 is 0 Å². The van der Waals surface area contributed by atoms with E-state index in [0.29, 0.717) is 12.5 Å². The van der Waals surface area contributed by atoms with Crippen molar-refractivity contribution in [2.75, 3.05) is 18.6 Å². The second kappa shape index (κ2) is 6.00. The minimum absolute atomic E-state index is 0.245. The van der Waals surface area contributed by atoms with Crippen molar-refractivity contribution in [3.05, 3.63) is 18.5 Å². The lowest BCUT2D eigenvalue weighted by Gasteiger charge is -2.13. The largest absolute Gasteiger partial charge is 0.312 e. The zero-order chi connectivity index (χ0) is 12.0. The summed E-state index contributed by atoms with van der Waals surface area (Å²) < 4.78 is 23.6. The van der Waals surface area contributed by atoms with Crippen LogP contribution in [0.4, 0.5) is 0 Å². The first-order valence-electron chi connectivity index (χ1n) is 5.36. The van der Waals surface area contributed by atoms with Crippen LogP contribution < -0.4 is 5.32 Å². The van der Waals surface area contributed by atoms with Gasteiger partial charge in [-0.05, 0) is 26.0 Å². The molecule has 0 aromatic carbocycles. The second-order valence-corrected chi connectivity index (χ2v) is 6.33. The molecule has 92 valence electrons. The molecule has 1 aromatic heterocycles. The van der Waals surface area contributed by atoms with Crippen molar-refractivity contribution in [1.82, 2.24) is 15.1 Å². The smallest absolute Gasteiger partial charge is 0.147 e. The van der Waals surface area contributed by atoms with Crippen LogP contribution in [0.2, 0.25) is 0 Å². The van der Waals surface area contributed by atoms with Crippen LogP contribution in [0.25, 0.3) is 0 Å². The molecule has 0 saturated carbocycles. The highest BCUT2D eigenvalue weighted by Gasteiger charge is 2.04. The van der Waals surface area contributed by atoms with Gasteiger partial charge >= 0.3 is 0 Å². The number of rotatable bonds is 7. The monoisotopic (exact) mass is 245 g/mol. The van der Waals surface area contributed by atoms with Crippen LogP contribution in [0, 0.1) is 0 Å². The summed E-state index contributed by atoms with van der Waals surface area (Å²) in [7, 11) is -2.83. The number of aromatic nitrogens is 2. The molecule has 0 radical (unpaired) electrons. The molecule has 1 rings (SSSR count). The van der Waals surface area contributed by atoms with Crippen molar-refractivity contribution in [2.24, 2.45) is 0 Å². The molecule has 1 N–H and O–H groups in total. The second-order valence-electron chi connectivity index (χ2n) is 4.07. The Bertz CT molecular complexity index is 386. The molecular weight excluding hydrogens is 226 g/mol. The predicted octanol–water partition coefficient (Wildman–Crippen LogP) is 0.296. The van der Waals surface area contributed by atoms with E-state index in [0.717, 1.165) is 13.1 Å². The van der Waals surface area contributed by atoms with Crippen LogP contribution in [0.5, 0.6) is 0 Å². The minimum atomic E-state index is -2.83. The first kappa shape index (κ1) is 13.2. The van der Waals surface area contributed by atoms with Gasteiger partial charge in [-0.25, -0.2) is 8.42 Å². The number of nitrogens with zero attached hydrogens (tertiary/aromatic N) is 2. The van der Waals surface area contributed by atoms with Gasteiger partial charge in [0.2, 0.25) is 0 Å². The molecule has 1 atom stereocenters. The Morgan fingerprint density at radius 1 is 1.50 bits per heavy atom. The lowest BCUT2D eigenvalue weighted by atomic mass is 10.3. The summed E-state index contributed by atoms with van der Waals surface area (Å²) in [5, 5.41) is 7.37. The standard InChI is InChI=1S/C10H19N3O2S/c1-10(9-13-7-3-6-12-13)11-5-4-8-16(2,14)15/h3,6-7,10-11H,4-5,8-9H2,1-2H3. The van der Waals surface area contributed by atoms with Crippen molar-refractivity contribution in [1.29, 1.82) is 0 Å². The third-order valence-corrected chi connectivity index (χ3v) is 3.24. The Balaban J connectivity index is 2.14. The van der Waals surface area contributed by atoms with E-state index < -0.39 is 9.84 Å². The Morgan fingerprint density at radius 2 is 2.25 bits per heavy atom. The fourth-order valence-corrected chi connectivity index (χ4v) is 2.11. The van der Waals surface area contributed by atoms with E-state index in [1.54, 1.807) is 6.20 Å². The SMILES string of the molecule is CC(Cn1cccn1)NCCCS(C)(=O)=O. The van der Waals surface area contributed by atoms with Crippen molar-refractivity contribution in [2.45, 2.75) is 25.9 Å². The summed E-state index contributed by atoms with van der Waals surface area (Å²) in [6.45, 7) is 3.57. The molecule has 0 aliphatic rings. The Hall–Kier alpha value is -0.880. The lowest BCUT2D eigenvalue weighted by molar-refractivity contribution is 0.452. The molecule has 0 aliphatic carbocycles. The lowest BCUT2D eigenvalue weighted by Crippen LogP contribution is -2.32. The summed E-state index contributed by atoms with van der Waals surface area (Å²) in [4.78, 5) is 0. The van der Waals surface area contributed by atoms with Crippen LogP contribution in [0.1, 0.15) is 13.3 Å². The van der Waals surface area contributed by atoms with Crippen LogP contribution in [0.15, 0.2) is 18.5 Å². The fourth-order valence-electron chi connectivity index (χ4n) is 1.44. The van der Waals surface area contributed by atoms with Crippen LogP contribution in [-0.2, 0) is 16.4 Å². The van der Waals surface area contributed by atoms with E-state index in [1.165, 1.54) is 6.26 Å². The number of sulfone groups is 1. The average molecular weight is 245 g/mol. The van der Waals surface area contributed by atoms with Gasteiger partial charge in [-0.2, -0.15) is 5.10 Å². The van der Waals surface area contributed by atoms with Crippen molar-refractivity contribution in [3.63, 3.8) is 0 Å². The summed E-state index contributed by atoms with van der Waals surface area (Å²) in [5.41, 5.74) is 0. The summed E-state index contributed by atoms with van der Waals surface area (Å²) in [6, 6.07) is 2.18. The first-order chi connectivity index (χ1) is 7.47. The van der Waals surface area contributed by atoms with Gasteiger partial charge < -0.3 is 5.32 Å². The third-order valence-electron chi connectivity index (χ3n) is 2.20. The molecule has 0 aliphatic heterocycles. The van der Waals surface area contributed by atoms with E-state index in [2.05, 4.69) is 17.3 Å². The maximum absolute atomic E-state index is 10.9. The summed E-state index contributed by atoms with van der Waals surface area (Å²) in [5.74, 6) is 0.245. The van der Waals surface area contributed by atoms with Gasteiger partial charge in [-0.3, -0.25) is 4.68 Å². The fraction of sp³-hybridized carbons (Fsp3) is 0.700. The Morgan fingerprint density at radius 3 is 2.81 bits per heavy atom. The van der Waals surface area contributed by atoms with Gasteiger partial charge in [-0.15, -0.1) is 0 Å². The summed E-state index contributed by atoms with van der Waals surface area (Å²) >= 11 is 0. The Labute approximate surface area is 96.8 Å². The molecule has 1 heterocycles. The van der Waals surface area contributed by atoms with Gasteiger partial charge in [0.05, 0.1) is 12.3 Å². The molecule has 0 saturated heterocycles. The molecule has 0 amide bonds. The summed E-state index contributed by atoms with van der Waals surface area (Å²) in [6.07, 6.45) is 5.58. The molecule has 0 bridgehead atoms. The van der Waals surface area contributed by atoms with E-state index in [9.17, 15) is 8.42 Å². The van der Waals surface area contributed by atoms with E-state index in [1.807, 2.05) is 16.9 Å². The van der Waals surface area contributed by atoms with Crippen molar-refractivity contribution in [3.8, 4) is 0 Å². The molecule has 1 aromatic rings. The molecule has 0 spiro atoms. The van der Waals surface area contributed by atoms with Crippen molar-refractivity contribution < 1.29 is 8.42 Å². The quantitative estimate of drug-likeness (QED) is 0.702. The van der Waals surface area contributed by atoms with Crippen molar-refractivity contribution >= 4 is 9.84 Å². The number of hydrogen-bond acceptors (Lipinski definition) is 4. The third kappa shape index (κ3) is 5.87. The molecular formula is C10H19N3O2S. The van der Waals surface area contributed by atoms with Crippen LogP contribution in [0.3, 0.4) is 0 Å². The van der Waals surface area contributed by atoms with Gasteiger partial charge in [0.1, 0.15) is 9.84 Å². The van der Waals surface area contributed by atoms with E-state index >= 15 is 0 Å². The molecule has 0 fully saturated rings. The normalized spacial score (nSPS) is 13.9. The number of nitrogens with one attached hydrogen (secondary N) is 1. The van der Waals surface area contributed by atoms with E-state index in [-0.39, 0.29) is 5.75 Å². The minimum Gasteiger partial charge on any atom is -0.312 e. The highest BCUT2D eigenvalue weighted by atomic mass is 32.2. The maximum Gasteiger partial charge on any atom is 0.147 e. The predicted molar refractivity (Wildman–Crippen MR) is 64.0 cm³/mol. The van der Waals surface area contributed by atoms with Gasteiger partial charge in [-0.1, -0.05) is 0 Å². The highest BCUT2D eigenvalue weighted by molar-refractivity contribution is 7.90. The van der Waals surface area contributed by atoms with E-state index in [4.69, 9.17) is 0 Å². The maximum atomic E-state index is 10.9. The molecule has 1 unspecified atom stereocenters. The Kier molecular flexibility index (Phi) is 4.95. The van der Waals surface area contributed by atoms with Gasteiger partial charge in [0.15, 0.2) is 0 Å². The number of hydrogen-bond donors (Lipinski definition) is 1. The van der Waals surface area contributed by atoms with Crippen LogP contribution in [-0.4, -0.2) is 42.8 Å². The first-order valence-corrected chi connectivity index (χ1v) is 7.42. The van der Waals surface area contributed by atoms with Gasteiger partial charge in [0.25, 0.3) is 0 Å². The molecule has 6 heteroatoms. The topological polar surface area (TPSA) is 64.0 Å². The van der Waals surface area contributed by atoms with Gasteiger partial charge in [0, 0.05) is 24.7 Å². The molecule has 16 heavy (non-hydrogen) atoms. The highest BCUT2D eigenvalue weighted by Crippen LogP contribution is 1.92. The molecule has 5 nitrogen and oxygen atoms in total.